The van der Waals surface area contributed by atoms with Crippen LogP contribution in [0.1, 0.15) is 60.9 Å². The molecule has 1 aromatic heterocycles. The van der Waals surface area contributed by atoms with Gasteiger partial charge in [-0.05, 0) is 45.1 Å². The van der Waals surface area contributed by atoms with Crippen molar-refractivity contribution >= 4 is 5.91 Å². The number of carbonyl (C=O) groups excluding carboxylic acids is 1. The van der Waals surface area contributed by atoms with Crippen LogP contribution in [0.4, 0.5) is 0 Å². The van der Waals surface area contributed by atoms with Crippen LogP contribution in [-0.2, 0) is 0 Å². The average molecular weight is 275 g/mol. The van der Waals surface area contributed by atoms with Crippen molar-refractivity contribution in [3.8, 4) is 0 Å². The highest BCUT2D eigenvalue weighted by Crippen LogP contribution is 2.37. The van der Waals surface area contributed by atoms with Gasteiger partial charge in [0.05, 0.1) is 0 Å². The Kier molecular flexibility index (Phi) is 2.98. The molecule has 6 heteroatoms. The molecule has 6 nitrogen and oxygen atoms in total. The lowest BCUT2D eigenvalue weighted by molar-refractivity contribution is 0.0699. The Hall–Kier alpha value is -1.43. The summed E-state index contributed by atoms with van der Waals surface area (Å²) in [5, 5.41) is 10.6. The molecule has 0 aromatic carbocycles. The molecule has 4 rings (SSSR count). The number of rotatable bonds is 3. The molecule has 1 aliphatic carbocycles. The number of amides is 1. The predicted octanol–water partition coefficient (Wildman–Crippen LogP) is 1.04. The lowest BCUT2D eigenvalue weighted by atomic mass is 10.0. The third-order valence-corrected chi connectivity index (χ3v) is 4.78. The maximum Gasteiger partial charge on any atom is 0.293 e. The number of carbonyl (C=O) groups is 1. The van der Waals surface area contributed by atoms with Crippen molar-refractivity contribution in [2.45, 2.75) is 56.5 Å². The molecule has 1 aromatic rings. The lowest BCUT2D eigenvalue weighted by Crippen LogP contribution is -2.46. The number of likely N-dealkylation sites (tertiary alicyclic amines) is 1. The third-order valence-electron chi connectivity index (χ3n) is 4.78. The van der Waals surface area contributed by atoms with E-state index in [1.807, 2.05) is 4.90 Å². The van der Waals surface area contributed by atoms with Gasteiger partial charge < -0.3 is 10.2 Å². The molecule has 1 saturated carbocycles. The fraction of sp³-hybridized carbons (Fsp3) is 0.786. The Balaban J connectivity index is 1.50. The Labute approximate surface area is 118 Å². The predicted molar refractivity (Wildman–Crippen MR) is 73.4 cm³/mol. The van der Waals surface area contributed by atoms with Crippen LogP contribution in [0.3, 0.4) is 0 Å². The highest BCUT2D eigenvalue weighted by Gasteiger charge is 2.38. The summed E-state index contributed by atoms with van der Waals surface area (Å²) < 4.78 is 0. The normalized spacial score (nSPS) is 30.1. The number of aromatic nitrogens is 3. The second-order valence-electron chi connectivity index (χ2n) is 6.23. The van der Waals surface area contributed by atoms with Crippen LogP contribution in [0.25, 0.3) is 0 Å². The number of nitrogens with zero attached hydrogens (tertiary/aromatic N) is 3. The van der Waals surface area contributed by atoms with E-state index in [0.717, 1.165) is 31.8 Å². The monoisotopic (exact) mass is 275 g/mol. The highest BCUT2D eigenvalue weighted by molar-refractivity contribution is 5.90. The molecule has 2 saturated heterocycles. The summed E-state index contributed by atoms with van der Waals surface area (Å²) in [6.07, 6.45) is 6.92. The van der Waals surface area contributed by atoms with Crippen molar-refractivity contribution in [1.82, 2.24) is 25.4 Å². The largest absolute Gasteiger partial charge is 0.331 e. The quantitative estimate of drug-likeness (QED) is 0.864. The summed E-state index contributed by atoms with van der Waals surface area (Å²) in [5.41, 5.74) is 0. The maximum atomic E-state index is 12.6. The molecule has 3 fully saturated rings. The number of nitrogens with one attached hydrogen (secondary N) is 2. The Morgan fingerprint density at radius 1 is 1.20 bits per heavy atom. The van der Waals surface area contributed by atoms with Crippen LogP contribution >= 0.6 is 0 Å². The Morgan fingerprint density at radius 3 is 2.85 bits per heavy atom. The minimum absolute atomic E-state index is 0.00403. The van der Waals surface area contributed by atoms with Crippen LogP contribution in [-0.4, -0.2) is 51.2 Å². The van der Waals surface area contributed by atoms with E-state index < -0.39 is 0 Å². The van der Waals surface area contributed by atoms with Gasteiger partial charge in [-0.1, -0.05) is 0 Å². The Bertz CT molecular complexity index is 503. The van der Waals surface area contributed by atoms with Crippen LogP contribution in [0.15, 0.2) is 0 Å². The molecule has 2 N–H and O–H groups in total. The number of hydrogen-bond donors (Lipinski definition) is 2. The highest BCUT2D eigenvalue weighted by atomic mass is 16.2. The molecular weight excluding hydrogens is 254 g/mol. The van der Waals surface area contributed by atoms with Gasteiger partial charge in [-0.15, -0.1) is 5.10 Å². The average Bonchev–Trinajstić information content (AvgIpc) is 2.96. The van der Waals surface area contributed by atoms with Crippen molar-refractivity contribution < 1.29 is 4.79 Å². The van der Waals surface area contributed by atoms with Gasteiger partial charge in [0.1, 0.15) is 5.82 Å². The van der Waals surface area contributed by atoms with E-state index in [2.05, 4.69) is 20.5 Å². The van der Waals surface area contributed by atoms with Gasteiger partial charge in [0, 0.05) is 24.5 Å². The zero-order valence-corrected chi connectivity index (χ0v) is 11.6. The van der Waals surface area contributed by atoms with E-state index in [0.29, 0.717) is 23.8 Å². The molecule has 2 aliphatic heterocycles. The lowest BCUT2D eigenvalue weighted by Gasteiger charge is -2.28. The van der Waals surface area contributed by atoms with Crippen molar-refractivity contribution in [3.05, 3.63) is 11.6 Å². The van der Waals surface area contributed by atoms with E-state index >= 15 is 0 Å². The van der Waals surface area contributed by atoms with Crippen molar-refractivity contribution in [1.29, 1.82) is 0 Å². The first-order valence-electron chi connectivity index (χ1n) is 7.79. The molecule has 0 radical (unpaired) electrons. The maximum absolute atomic E-state index is 12.6. The van der Waals surface area contributed by atoms with Gasteiger partial charge in [-0.2, -0.15) is 0 Å². The first-order valence-corrected chi connectivity index (χ1v) is 7.79. The van der Waals surface area contributed by atoms with Gasteiger partial charge in [0.15, 0.2) is 0 Å². The molecular formula is C14H21N5O. The summed E-state index contributed by atoms with van der Waals surface area (Å²) >= 11 is 0. The molecule has 2 atom stereocenters. The molecule has 3 aliphatic rings. The van der Waals surface area contributed by atoms with Crippen LogP contribution < -0.4 is 5.32 Å². The van der Waals surface area contributed by atoms with Gasteiger partial charge in [-0.3, -0.25) is 9.89 Å². The first kappa shape index (κ1) is 12.3. The van der Waals surface area contributed by atoms with Crippen molar-refractivity contribution in [2.75, 3.05) is 13.1 Å². The van der Waals surface area contributed by atoms with Gasteiger partial charge >= 0.3 is 0 Å². The van der Waals surface area contributed by atoms with Crippen molar-refractivity contribution in [2.24, 2.45) is 0 Å². The van der Waals surface area contributed by atoms with Gasteiger partial charge in [0.2, 0.25) is 5.82 Å². The summed E-state index contributed by atoms with van der Waals surface area (Å²) in [6, 6.07) is 0.788. The van der Waals surface area contributed by atoms with Crippen LogP contribution in [0.2, 0.25) is 0 Å². The zero-order chi connectivity index (χ0) is 13.5. The first-order chi connectivity index (χ1) is 9.83. The molecule has 3 heterocycles. The molecule has 20 heavy (non-hydrogen) atoms. The SMILES string of the molecule is O=C(c1n[nH]c(C2CC2)n1)N1CCCC1C1CCCN1. The minimum atomic E-state index is 0.00403. The second-order valence-corrected chi connectivity index (χ2v) is 6.23. The number of hydrogen-bond acceptors (Lipinski definition) is 4. The van der Waals surface area contributed by atoms with Gasteiger partial charge in [-0.25, -0.2) is 4.98 Å². The molecule has 0 spiro atoms. The van der Waals surface area contributed by atoms with E-state index in [-0.39, 0.29) is 5.91 Å². The Morgan fingerprint density at radius 2 is 2.10 bits per heavy atom. The fourth-order valence-corrected chi connectivity index (χ4v) is 3.54. The zero-order valence-electron chi connectivity index (χ0n) is 11.6. The minimum Gasteiger partial charge on any atom is -0.331 e. The van der Waals surface area contributed by atoms with Crippen LogP contribution in [0, 0.1) is 0 Å². The molecule has 2 unspecified atom stereocenters. The standard InChI is InChI=1S/C14H21N5O/c20-14(13-16-12(17-18-13)9-5-6-9)19-8-2-4-11(19)10-3-1-7-15-10/h9-11,15H,1-8H2,(H,16,17,18). The van der Waals surface area contributed by atoms with E-state index in [9.17, 15) is 4.79 Å². The summed E-state index contributed by atoms with van der Waals surface area (Å²) in [4.78, 5) is 19.0. The van der Waals surface area contributed by atoms with Gasteiger partial charge in [0.25, 0.3) is 5.91 Å². The fourth-order valence-electron chi connectivity index (χ4n) is 3.54. The molecule has 1 amide bonds. The van der Waals surface area contributed by atoms with E-state index in [1.165, 1.54) is 25.7 Å². The summed E-state index contributed by atoms with van der Waals surface area (Å²) in [7, 11) is 0. The summed E-state index contributed by atoms with van der Waals surface area (Å²) in [5.74, 6) is 1.76. The summed E-state index contributed by atoms with van der Waals surface area (Å²) in [6.45, 7) is 1.92. The number of H-pyrrole nitrogens is 1. The van der Waals surface area contributed by atoms with Crippen molar-refractivity contribution in [3.63, 3.8) is 0 Å². The smallest absolute Gasteiger partial charge is 0.293 e. The third kappa shape index (κ3) is 2.12. The molecule has 108 valence electrons. The van der Waals surface area contributed by atoms with E-state index in [4.69, 9.17) is 0 Å². The van der Waals surface area contributed by atoms with E-state index in [1.54, 1.807) is 0 Å². The van der Waals surface area contributed by atoms with Crippen LogP contribution in [0.5, 0.6) is 0 Å². The second kappa shape index (κ2) is 4.84. The topological polar surface area (TPSA) is 73.9 Å². The number of aromatic amines is 1. The molecule has 0 bridgehead atoms.